The monoisotopic (exact) mass is 250 g/mol. The van der Waals surface area contributed by atoms with Crippen LogP contribution in [-0.4, -0.2) is 15.7 Å². The van der Waals surface area contributed by atoms with E-state index < -0.39 is 0 Å². The van der Waals surface area contributed by atoms with Gasteiger partial charge in [-0.05, 0) is 56.3 Å². The molecule has 4 bridgehead atoms. The maximum absolute atomic E-state index is 5.65. The molecule has 0 aromatic carbocycles. The zero-order valence-corrected chi connectivity index (χ0v) is 10.7. The molecule has 0 saturated heterocycles. The number of nitrogens with one attached hydrogen (secondary N) is 1. The van der Waals surface area contributed by atoms with Crippen LogP contribution in [0.2, 0.25) is 0 Å². The fourth-order valence-corrected chi connectivity index (χ4v) is 5.40. The average molecular weight is 250 g/mol. The quantitative estimate of drug-likeness (QED) is 0.846. The lowest BCUT2D eigenvalue weighted by molar-refractivity contribution is 0.0107. The van der Waals surface area contributed by atoms with Gasteiger partial charge in [0.15, 0.2) is 0 Å². The van der Waals surface area contributed by atoms with Crippen molar-refractivity contribution in [2.45, 2.75) is 44.1 Å². The van der Waals surface area contributed by atoms with Gasteiger partial charge in [0.25, 0.3) is 0 Å². The zero-order chi connectivity index (χ0) is 11.5. The van der Waals surface area contributed by atoms with Gasteiger partial charge in [0.05, 0.1) is 0 Å². The van der Waals surface area contributed by atoms with Crippen LogP contribution >= 0.6 is 11.3 Å². The van der Waals surface area contributed by atoms with E-state index in [4.69, 9.17) is 5.73 Å². The van der Waals surface area contributed by atoms with Crippen LogP contribution in [0.1, 0.15) is 38.5 Å². The molecule has 0 atom stereocenters. The molecule has 1 aromatic heterocycles. The van der Waals surface area contributed by atoms with Gasteiger partial charge in [0, 0.05) is 5.54 Å². The van der Waals surface area contributed by atoms with Crippen molar-refractivity contribution in [1.29, 1.82) is 0 Å². The van der Waals surface area contributed by atoms with E-state index in [1.54, 1.807) is 0 Å². The molecule has 0 amide bonds. The smallest absolute Gasteiger partial charge is 0.207 e. The predicted molar refractivity (Wildman–Crippen MR) is 68.8 cm³/mol. The molecule has 4 fully saturated rings. The Kier molecular flexibility index (Phi) is 1.99. The van der Waals surface area contributed by atoms with Gasteiger partial charge in [0.2, 0.25) is 10.3 Å². The van der Waals surface area contributed by atoms with E-state index in [1.807, 2.05) is 0 Å². The summed E-state index contributed by atoms with van der Waals surface area (Å²) in [6.45, 7) is 0. The van der Waals surface area contributed by atoms with Gasteiger partial charge >= 0.3 is 0 Å². The third kappa shape index (κ3) is 1.63. The van der Waals surface area contributed by atoms with E-state index in [9.17, 15) is 0 Å². The number of nitrogen functional groups attached to an aromatic ring is 1. The highest BCUT2D eigenvalue weighted by atomic mass is 32.1. The molecule has 1 aromatic rings. The Bertz CT molecular complexity index is 406. The van der Waals surface area contributed by atoms with Crippen molar-refractivity contribution in [3.8, 4) is 0 Å². The van der Waals surface area contributed by atoms with Gasteiger partial charge in [-0.1, -0.05) is 11.3 Å². The van der Waals surface area contributed by atoms with E-state index in [-0.39, 0.29) is 0 Å². The molecule has 0 spiro atoms. The minimum Gasteiger partial charge on any atom is -0.374 e. The highest BCUT2D eigenvalue weighted by molar-refractivity contribution is 7.18. The fraction of sp³-hybridized carbons (Fsp3) is 0.833. The Balaban J connectivity index is 1.60. The second-order valence-electron chi connectivity index (χ2n) is 6.27. The van der Waals surface area contributed by atoms with Crippen molar-refractivity contribution in [3.05, 3.63) is 0 Å². The number of hydrogen-bond acceptors (Lipinski definition) is 5. The van der Waals surface area contributed by atoms with E-state index >= 15 is 0 Å². The molecule has 1 heterocycles. The van der Waals surface area contributed by atoms with Crippen LogP contribution in [0.25, 0.3) is 0 Å². The first-order valence-electron chi connectivity index (χ1n) is 6.58. The van der Waals surface area contributed by atoms with Gasteiger partial charge in [-0.25, -0.2) is 0 Å². The minimum atomic E-state index is 0.320. The Morgan fingerprint density at radius 1 is 1.06 bits per heavy atom. The van der Waals surface area contributed by atoms with E-state index in [1.165, 1.54) is 49.9 Å². The highest BCUT2D eigenvalue weighted by Crippen LogP contribution is 2.56. The van der Waals surface area contributed by atoms with Crippen LogP contribution in [0.4, 0.5) is 10.3 Å². The van der Waals surface area contributed by atoms with Crippen LogP contribution in [0.5, 0.6) is 0 Å². The molecule has 4 aliphatic rings. The van der Waals surface area contributed by atoms with Crippen LogP contribution < -0.4 is 11.1 Å². The zero-order valence-electron chi connectivity index (χ0n) is 9.85. The average Bonchev–Trinajstić information content (AvgIpc) is 2.60. The number of anilines is 2. The molecular weight excluding hydrogens is 232 g/mol. The van der Waals surface area contributed by atoms with E-state index in [0.29, 0.717) is 10.7 Å². The Morgan fingerprint density at radius 2 is 1.65 bits per heavy atom. The Hall–Kier alpha value is -0.840. The predicted octanol–water partition coefficient (Wildman–Crippen LogP) is 2.50. The topological polar surface area (TPSA) is 63.8 Å². The molecule has 5 rings (SSSR count). The normalized spacial score (nSPS) is 42.9. The van der Waals surface area contributed by atoms with Gasteiger partial charge in [-0.3, -0.25) is 0 Å². The molecule has 4 saturated carbocycles. The number of rotatable bonds is 2. The van der Waals surface area contributed by atoms with Crippen molar-refractivity contribution in [2.24, 2.45) is 17.8 Å². The summed E-state index contributed by atoms with van der Waals surface area (Å²) < 4.78 is 0. The molecule has 4 nitrogen and oxygen atoms in total. The molecule has 0 aliphatic heterocycles. The van der Waals surface area contributed by atoms with Crippen molar-refractivity contribution in [3.63, 3.8) is 0 Å². The summed E-state index contributed by atoms with van der Waals surface area (Å²) in [4.78, 5) is 0. The van der Waals surface area contributed by atoms with Crippen LogP contribution in [-0.2, 0) is 0 Å². The standard InChI is InChI=1S/C12H18N4S/c13-10-15-16-11(17-10)14-12-4-7-1-8(5-12)3-9(2-7)6-12/h7-9H,1-6H2,(H2,13,15)(H,14,16). The first-order chi connectivity index (χ1) is 8.21. The fourth-order valence-electron chi connectivity index (χ4n) is 4.78. The molecule has 5 heteroatoms. The van der Waals surface area contributed by atoms with Crippen LogP contribution in [0, 0.1) is 17.8 Å². The maximum Gasteiger partial charge on any atom is 0.207 e. The maximum atomic E-state index is 5.65. The largest absolute Gasteiger partial charge is 0.374 e. The number of nitrogens with zero attached hydrogens (tertiary/aromatic N) is 2. The summed E-state index contributed by atoms with van der Waals surface area (Å²) in [5.74, 6) is 2.87. The summed E-state index contributed by atoms with van der Waals surface area (Å²) in [6.07, 6.45) is 8.41. The Labute approximate surface area is 105 Å². The van der Waals surface area contributed by atoms with Gasteiger partial charge < -0.3 is 11.1 Å². The first kappa shape index (κ1) is 10.1. The molecular formula is C12H18N4S. The van der Waals surface area contributed by atoms with Gasteiger partial charge in [-0.15, -0.1) is 10.2 Å². The molecule has 0 radical (unpaired) electrons. The molecule has 92 valence electrons. The lowest BCUT2D eigenvalue weighted by atomic mass is 9.53. The summed E-state index contributed by atoms with van der Waals surface area (Å²) in [5.41, 5.74) is 5.97. The summed E-state index contributed by atoms with van der Waals surface area (Å²) in [5, 5.41) is 13.2. The third-order valence-electron chi connectivity index (χ3n) is 4.85. The molecule has 17 heavy (non-hydrogen) atoms. The summed E-state index contributed by atoms with van der Waals surface area (Å²) in [6, 6.07) is 0. The third-order valence-corrected chi connectivity index (χ3v) is 5.52. The number of nitrogens with two attached hydrogens (primary N) is 1. The first-order valence-corrected chi connectivity index (χ1v) is 7.40. The lowest BCUT2D eigenvalue weighted by Crippen LogP contribution is -2.54. The molecule has 3 N–H and O–H groups in total. The van der Waals surface area contributed by atoms with Crippen molar-refractivity contribution < 1.29 is 0 Å². The van der Waals surface area contributed by atoms with Crippen LogP contribution in [0.3, 0.4) is 0 Å². The SMILES string of the molecule is Nc1nnc(NC23CC4CC(CC(C4)C2)C3)s1. The van der Waals surface area contributed by atoms with E-state index in [0.717, 1.165) is 22.9 Å². The minimum absolute atomic E-state index is 0.320. The van der Waals surface area contributed by atoms with Gasteiger partial charge in [-0.2, -0.15) is 0 Å². The van der Waals surface area contributed by atoms with Crippen molar-refractivity contribution >= 4 is 21.6 Å². The second-order valence-corrected chi connectivity index (χ2v) is 7.28. The van der Waals surface area contributed by atoms with Gasteiger partial charge in [0.1, 0.15) is 0 Å². The van der Waals surface area contributed by atoms with Crippen molar-refractivity contribution in [1.82, 2.24) is 10.2 Å². The Morgan fingerprint density at radius 3 is 2.12 bits per heavy atom. The van der Waals surface area contributed by atoms with Crippen molar-refractivity contribution in [2.75, 3.05) is 11.1 Å². The number of hydrogen-bond donors (Lipinski definition) is 2. The van der Waals surface area contributed by atoms with Crippen LogP contribution in [0.15, 0.2) is 0 Å². The number of aromatic nitrogens is 2. The summed E-state index contributed by atoms with van der Waals surface area (Å²) >= 11 is 1.48. The van der Waals surface area contributed by atoms with E-state index in [2.05, 4.69) is 15.5 Å². The lowest BCUT2D eigenvalue weighted by Gasteiger charge is -2.56. The molecule has 4 aliphatic carbocycles. The molecule has 0 unspecified atom stereocenters. The second kappa shape index (κ2) is 3.34. The highest BCUT2D eigenvalue weighted by Gasteiger charge is 2.51. The summed E-state index contributed by atoms with van der Waals surface area (Å²) in [7, 11) is 0.